The SMILES string of the molecule is CC(C)c1c[nH]c(=S)n1Cc1ccsc1. The summed E-state index contributed by atoms with van der Waals surface area (Å²) in [5.74, 6) is 0.497. The van der Waals surface area contributed by atoms with Gasteiger partial charge in [-0.05, 0) is 40.5 Å². The van der Waals surface area contributed by atoms with E-state index in [2.05, 4.69) is 40.2 Å². The lowest BCUT2D eigenvalue weighted by Gasteiger charge is -2.09. The number of aromatic nitrogens is 2. The molecule has 0 unspecified atom stereocenters. The Morgan fingerprint density at radius 3 is 2.93 bits per heavy atom. The van der Waals surface area contributed by atoms with Gasteiger partial charge in [0, 0.05) is 11.9 Å². The van der Waals surface area contributed by atoms with Crippen LogP contribution in [0.2, 0.25) is 0 Å². The molecule has 0 aliphatic carbocycles. The summed E-state index contributed by atoms with van der Waals surface area (Å²) in [6.45, 7) is 5.24. The largest absolute Gasteiger partial charge is 0.337 e. The van der Waals surface area contributed by atoms with Gasteiger partial charge in [0.1, 0.15) is 0 Å². The smallest absolute Gasteiger partial charge is 0.177 e. The van der Waals surface area contributed by atoms with Crippen LogP contribution in [0.4, 0.5) is 0 Å². The molecule has 0 saturated carbocycles. The predicted octanol–water partition coefficient (Wildman–Crippen LogP) is 3.78. The third-order valence-electron chi connectivity index (χ3n) is 2.41. The molecule has 2 rings (SSSR count). The molecule has 0 amide bonds. The number of hydrogen-bond acceptors (Lipinski definition) is 2. The van der Waals surface area contributed by atoms with E-state index in [9.17, 15) is 0 Å². The topological polar surface area (TPSA) is 20.7 Å². The third kappa shape index (κ3) is 2.21. The average molecular weight is 238 g/mol. The summed E-state index contributed by atoms with van der Waals surface area (Å²) in [6.07, 6.45) is 2.01. The zero-order valence-corrected chi connectivity index (χ0v) is 10.5. The van der Waals surface area contributed by atoms with Crippen molar-refractivity contribution in [2.75, 3.05) is 0 Å². The first-order valence-corrected chi connectivity index (χ1v) is 6.32. The molecule has 2 aromatic heterocycles. The van der Waals surface area contributed by atoms with Crippen molar-refractivity contribution in [3.8, 4) is 0 Å². The minimum Gasteiger partial charge on any atom is -0.337 e. The van der Waals surface area contributed by atoms with Crippen LogP contribution in [0.3, 0.4) is 0 Å². The van der Waals surface area contributed by atoms with Crippen LogP contribution in [-0.4, -0.2) is 9.55 Å². The van der Waals surface area contributed by atoms with Crippen LogP contribution >= 0.6 is 23.6 Å². The molecule has 4 heteroatoms. The van der Waals surface area contributed by atoms with Crippen molar-refractivity contribution in [1.29, 1.82) is 0 Å². The van der Waals surface area contributed by atoms with Gasteiger partial charge >= 0.3 is 0 Å². The van der Waals surface area contributed by atoms with E-state index in [0.717, 1.165) is 11.3 Å². The zero-order valence-electron chi connectivity index (χ0n) is 8.86. The van der Waals surface area contributed by atoms with E-state index in [-0.39, 0.29) is 0 Å². The fourth-order valence-electron chi connectivity index (χ4n) is 1.62. The van der Waals surface area contributed by atoms with Gasteiger partial charge in [0.15, 0.2) is 4.77 Å². The molecule has 0 radical (unpaired) electrons. The van der Waals surface area contributed by atoms with Gasteiger partial charge < -0.3 is 9.55 Å². The Bertz CT molecular complexity index is 477. The summed E-state index contributed by atoms with van der Waals surface area (Å²) in [6, 6.07) is 2.14. The minimum absolute atomic E-state index is 0.497. The maximum absolute atomic E-state index is 5.28. The highest BCUT2D eigenvalue weighted by atomic mass is 32.1. The summed E-state index contributed by atoms with van der Waals surface area (Å²) >= 11 is 7.00. The fourth-order valence-corrected chi connectivity index (χ4v) is 2.50. The van der Waals surface area contributed by atoms with Crippen LogP contribution in [0, 0.1) is 4.77 Å². The standard InChI is InChI=1S/C11H14N2S2/c1-8(2)10-5-12-11(14)13(10)6-9-3-4-15-7-9/h3-5,7-8H,6H2,1-2H3,(H,12,14). The molecule has 0 atom stereocenters. The van der Waals surface area contributed by atoms with Crippen molar-refractivity contribution in [2.45, 2.75) is 26.3 Å². The molecule has 0 spiro atoms. The number of thiophene rings is 1. The van der Waals surface area contributed by atoms with Crippen LogP contribution in [-0.2, 0) is 6.54 Å². The maximum Gasteiger partial charge on any atom is 0.177 e. The average Bonchev–Trinajstić information content (AvgIpc) is 2.78. The Labute approximate surface area is 98.6 Å². The van der Waals surface area contributed by atoms with Crippen LogP contribution in [0.5, 0.6) is 0 Å². The highest BCUT2D eigenvalue weighted by Gasteiger charge is 2.08. The molecule has 0 fully saturated rings. The Kier molecular flexibility index (Phi) is 3.07. The van der Waals surface area contributed by atoms with E-state index in [1.807, 2.05) is 6.20 Å². The van der Waals surface area contributed by atoms with E-state index < -0.39 is 0 Å². The van der Waals surface area contributed by atoms with E-state index in [1.54, 1.807) is 11.3 Å². The van der Waals surface area contributed by atoms with Gasteiger partial charge in [0.2, 0.25) is 0 Å². The Hall–Kier alpha value is -0.870. The lowest BCUT2D eigenvalue weighted by molar-refractivity contribution is 0.686. The lowest BCUT2D eigenvalue weighted by atomic mass is 10.1. The first kappa shape index (κ1) is 10.6. The van der Waals surface area contributed by atoms with Crippen molar-refractivity contribution in [1.82, 2.24) is 9.55 Å². The first-order chi connectivity index (χ1) is 7.18. The Balaban J connectivity index is 2.35. The number of nitrogens with zero attached hydrogens (tertiary/aromatic N) is 1. The molecule has 0 aromatic carbocycles. The van der Waals surface area contributed by atoms with Gasteiger partial charge in [0.25, 0.3) is 0 Å². The molecule has 0 bridgehead atoms. The molecular formula is C11H14N2S2. The normalized spacial score (nSPS) is 11.1. The zero-order chi connectivity index (χ0) is 10.8. The Morgan fingerprint density at radius 1 is 1.53 bits per heavy atom. The fraction of sp³-hybridized carbons (Fsp3) is 0.364. The number of nitrogens with one attached hydrogen (secondary N) is 1. The maximum atomic E-state index is 5.28. The molecule has 0 aliphatic heterocycles. The second kappa shape index (κ2) is 4.33. The van der Waals surface area contributed by atoms with E-state index in [0.29, 0.717) is 5.92 Å². The second-order valence-electron chi connectivity index (χ2n) is 3.89. The highest BCUT2D eigenvalue weighted by molar-refractivity contribution is 7.71. The van der Waals surface area contributed by atoms with Gasteiger partial charge in [-0.3, -0.25) is 0 Å². The van der Waals surface area contributed by atoms with Crippen LogP contribution in [0.1, 0.15) is 31.0 Å². The Morgan fingerprint density at radius 2 is 2.33 bits per heavy atom. The molecular weight excluding hydrogens is 224 g/mol. The van der Waals surface area contributed by atoms with Gasteiger partial charge in [-0.25, -0.2) is 0 Å². The number of aromatic amines is 1. The second-order valence-corrected chi connectivity index (χ2v) is 5.06. The molecule has 1 N–H and O–H groups in total. The van der Waals surface area contributed by atoms with E-state index in [4.69, 9.17) is 12.2 Å². The lowest BCUT2D eigenvalue weighted by Crippen LogP contribution is -2.05. The molecule has 15 heavy (non-hydrogen) atoms. The number of H-pyrrole nitrogens is 1. The summed E-state index contributed by atoms with van der Waals surface area (Å²) in [7, 11) is 0. The molecule has 80 valence electrons. The van der Waals surface area contributed by atoms with Crippen LogP contribution < -0.4 is 0 Å². The van der Waals surface area contributed by atoms with Crippen molar-refractivity contribution in [3.63, 3.8) is 0 Å². The molecule has 0 saturated heterocycles. The molecule has 0 aliphatic rings. The summed E-state index contributed by atoms with van der Waals surface area (Å²) in [5, 5.41) is 4.26. The van der Waals surface area contributed by atoms with Crippen molar-refractivity contribution in [2.24, 2.45) is 0 Å². The number of hydrogen-bond donors (Lipinski definition) is 1. The monoisotopic (exact) mass is 238 g/mol. The van der Waals surface area contributed by atoms with Gasteiger partial charge in [-0.1, -0.05) is 13.8 Å². The van der Waals surface area contributed by atoms with Crippen LogP contribution in [0.15, 0.2) is 23.0 Å². The first-order valence-electron chi connectivity index (χ1n) is 4.97. The summed E-state index contributed by atoms with van der Waals surface area (Å²) in [5.41, 5.74) is 2.59. The molecule has 2 heterocycles. The number of imidazole rings is 1. The summed E-state index contributed by atoms with van der Waals surface area (Å²) in [4.78, 5) is 3.11. The van der Waals surface area contributed by atoms with Crippen molar-refractivity contribution in [3.05, 3.63) is 39.1 Å². The molecule has 2 nitrogen and oxygen atoms in total. The third-order valence-corrected chi connectivity index (χ3v) is 3.48. The van der Waals surface area contributed by atoms with Gasteiger partial charge in [-0.15, -0.1) is 0 Å². The van der Waals surface area contributed by atoms with Crippen molar-refractivity contribution >= 4 is 23.6 Å². The van der Waals surface area contributed by atoms with Crippen molar-refractivity contribution < 1.29 is 0 Å². The quantitative estimate of drug-likeness (QED) is 0.807. The predicted molar refractivity (Wildman–Crippen MR) is 67.1 cm³/mol. The van der Waals surface area contributed by atoms with Gasteiger partial charge in [-0.2, -0.15) is 11.3 Å². The highest BCUT2D eigenvalue weighted by Crippen LogP contribution is 2.17. The van der Waals surface area contributed by atoms with E-state index in [1.165, 1.54) is 11.3 Å². The molecule has 2 aromatic rings. The van der Waals surface area contributed by atoms with E-state index >= 15 is 0 Å². The number of rotatable bonds is 3. The minimum atomic E-state index is 0.497. The summed E-state index contributed by atoms with van der Waals surface area (Å²) < 4.78 is 2.98. The van der Waals surface area contributed by atoms with Gasteiger partial charge in [0.05, 0.1) is 6.54 Å². The van der Waals surface area contributed by atoms with Crippen LogP contribution in [0.25, 0.3) is 0 Å².